The van der Waals surface area contributed by atoms with Crippen LogP contribution in [0, 0.1) is 0 Å². The van der Waals surface area contributed by atoms with Crippen LogP contribution in [0.3, 0.4) is 0 Å². The second-order valence-electron chi connectivity index (χ2n) is 6.23. The summed E-state index contributed by atoms with van der Waals surface area (Å²) >= 11 is 0. The van der Waals surface area contributed by atoms with Crippen molar-refractivity contribution in [2.24, 2.45) is 0 Å². The Balaban J connectivity index is 1.68. The molecule has 1 aromatic carbocycles. The summed E-state index contributed by atoms with van der Waals surface area (Å²) in [6.45, 7) is 3.07. The topological polar surface area (TPSA) is 62.2 Å². The molecule has 0 aliphatic carbocycles. The van der Waals surface area contributed by atoms with Crippen LogP contribution in [-0.4, -0.2) is 60.4 Å². The van der Waals surface area contributed by atoms with Crippen LogP contribution in [0.15, 0.2) is 18.2 Å². The number of nitrogens with zero attached hydrogens (tertiary/aromatic N) is 2. The van der Waals surface area contributed by atoms with Crippen molar-refractivity contribution in [3.05, 3.63) is 23.8 Å². The monoisotopic (exact) mass is 306 g/mol. The van der Waals surface area contributed by atoms with Crippen LogP contribution in [0.4, 0.5) is 4.79 Å². The second-order valence-corrected chi connectivity index (χ2v) is 6.23. The number of hydrogen-bond donors (Lipinski definition) is 1. The Morgan fingerprint density at radius 2 is 2.23 bits per heavy atom. The quantitative estimate of drug-likeness (QED) is 0.923. The van der Waals surface area contributed by atoms with Crippen molar-refractivity contribution < 1.29 is 19.4 Å². The third kappa shape index (κ3) is 2.83. The number of amides is 1. The zero-order valence-electron chi connectivity index (χ0n) is 13.0. The molecule has 1 N–H and O–H groups in total. The number of likely N-dealkylation sites (tertiary alicyclic amines) is 1. The maximum atomic E-state index is 11.7. The van der Waals surface area contributed by atoms with Gasteiger partial charge < -0.3 is 19.5 Å². The molecular formula is C16H22N2O4. The number of phenols is 1. The second kappa shape index (κ2) is 5.68. The fourth-order valence-electron chi connectivity index (χ4n) is 3.42. The van der Waals surface area contributed by atoms with E-state index in [4.69, 9.17) is 9.47 Å². The third-order valence-corrected chi connectivity index (χ3v) is 4.41. The van der Waals surface area contributed by atoms with E-state index in [1.807, 2.05) is 6.07 Å². The first-order valence-corrected chi connectivity index (χ1v) is 7.54. The van der Waals surface area contributed by atoms with E-state index < -0.39 is 0 Å². The van der Waals surface area contributed by atoms with Gasteiger partial charge in [-0.15, -0.1) is 0 Å². The number of benzene rings is 1. The summed E-state index contributed by atoms with van der Waals surface area (Å²) in [6.07, 6.45) is 1.68. The molecule has 6 nitrogen and oxygen atoms in total. The minimum atomic E-state index is -0.376. The molecule has 0 bridgehead atoms. The molecule has 1 amide bonds. The maximum Gasteiger partial charge on any atom is 0.410 e. The molecule has 0 radical (unpaired) electrons. The number of aromatic hydroxyl groups is 1. The largest absolute Gasteiger partial charge is 0.504 e. The zero-order valence-corrected chi connectivity index (χ0v) is 13.0. The van der Waals surface area contributed by atoms with E-state index in [-0.39, 0.29) is 17.4 Å². The third-order valence-electron chi connectivity index (χ3n) is 4.41. The fraction of sp³-hybridized carbons (Fsp3) is 0.562. The molecule has 120 valence electrons. The van der Waals surface area contributed by atoms with Crippen LogP contribution in [0.25, 0.3) is 0 Å². The van der Waals surface area contributed by atoms with Gasteiger partial charge in [0.1, 0.15) is 5.60 Å². The van der Waals surface area contributed by atoms with Gasteiger partial charge in [-0.1, -0.05) is 6.07 Å². The Labute approximate surface area is 130 Å². The summed E-state index contributed by atoms with van der Waals surface area (Å²) in [5, 5.41) is 9.88. The Kier molecular flexibility index (Phi) is 3.87. The molecule has 3 rings (SSSR count). The summed E-state index contributed by atoms with van der Waals surface area (Å²) in [5.74, 6) is 0.629. The highest BCUT2D eigenvalue weighted by Gasteiger charge is 2.46. The van der Waals surface area contributed by atoms with Gasteiger partial charge in [-0.25, -0.2) is 4.79 Å². The van der Waals surface area contributed by atoms with Crippen LogP contribution in [-0.2, 0) is 11.3 Å². The van der Waals surface area contributed by atoms with Gasteiger partial charge in [0.05, 0.1) is 13.7 Å². The molecule has 6 heteroatoms. The number of phenolic OH excluding ortho intramolecular Hbond substituents is 1. The number of methoxy groups -OCH3 is 1. The van der Waals surface area contributed by atoms with E-state index in [2.05, 4.69) is 4.90 Å². The number of carbonyl (C=O) groups is 1. The molecule has 1 atom stereocenters. The first kappa shape index (κ1) is 15.0. The first-order valence-electron chi connectivity index (χ1n) is 7.54. The van der Waals surface area contributed by atoms with Gasteiger partial charge in [0.15, 0.2) is 11.5 Å². The van der Waals surface area contributed by atoms with Crippen molar-refractivity contribution in [3.63, 3.8) is 0 Å². The molecule has 0 saturated carbocycles. The summed E-state index contributed by atoms with van der Waals surface area (Å²) in [4.78, 5) is 15.6. The average Bonchev–Trinajstić information content (AvgIpc) is 2.73. The Hall–Kier alpha value is -1.95. The fourth-order valence-corrected chi connectivity index (χ4v) is 3.42. The van der Waals surface area contributed by atoms with Crippen LogP contribution in [0.2, 0.25) is 0 Å². The van der Waals surface area contributed by atoms with Gasteiger partial charge in [-0.2, -0.15) is 0 Å². The van der Waals surface area contributed by atoms with Crippen LogP contribution < -0.4 is 4.74 Å². The summed E-state index contributed by atoms with van der Waals surface area (Å²) < 4.78 is 10.7. The standard InChI is InChI=1S/C16H22N2O4/c1-17-10-16(22-15(17)20)6-3-7-18(11-16)9-12-4-5-14(21-2)13(19)8-12/h4-5,8,19H,3,6-7,9-11H2,1-2H3/t16-/m1/s1. The normalized spacial score (nSPS) is 25.5. The average molecular weight is 306 g/mol. The summed E-state index contributed by atoms with van der Waals surface area (Å²) in [6, 6.07) is 5.45. The van der Waals surface area contributed by atoms with Crippen LogP contribution >= 0.6 is 0 Å². The zero-order chi connectivity index (χ0) is 15.7. The molecule has 2 fully saturated rings. The maximum absolute atomic E-state index is 11.7. The lowest BCUT2D eigenvalue weighted by molar-refractivity contribution is -0.0113. The summed E-state index contributed by atoms with van der Waals surface area (Å²) in [7, 11) is 3.31. The van der Waals surface area contributed by atoms with Gasteiger partial charge in [0.25, 0.3) is 0 Å². The van der Waals surface area contributed by atoms with Crippen molar-refractivity contribution in [3.8, 4) is 11.5 Å². The minimum Gasteiger partial charge on any atom is -0.504 e. The van der Waals surface area contributed by atoms with Crippen molar-refractivity contribution in [1.82, 2.24) is 9.80 Å². The van der Waals surface area contributed by atoms with E-state index in [0.717, 1.165) is 38.0 Å². The molecule has 2 saturated heterocycles. The van der Waals surface area contributed by atoms with E-state index in [1.54, 1.807) is 24.1 Å². The number of likely N-dealkylation sites (N-methyl/N-ethyl adjacent to an activating group) is 1. The van der Waals surface area contributed by atoms with Gasteiger partial charge in [-0.05, 0) is 37.1 Å². The number of piperidine rings is 1. The highest BCUT2D eigenvalue weighted by molar-refractivity contribution is 5.70. The number of rotatable bonds is 3. The van der Waals surface area contributed by atoms with E-state index in [9.17, 15) is 9.90 Å². The number of ether oxygens (including phenoxy) is 2. The SMILES string of the molecule is COc1ccc(CN2CCC[C@]3(C2)CN(C)C(=O)O3)cc1O. The van der Waals surface area contributed by atoms with Gasteiger partial charge in [-0.3, -0.25) is 4.90 Å². The molecular weight excluding hydrogens is 284 g/mol. The first-order chi connectivity index (χ1) is 10.5. The highest BCUT2D eigenvalue weighted by atomic mass is 16.6. The van der Waals surface area contributed by atoms with Gasteiger partial charge in [0, 0.05) is 20.1 Å². The van der Waals surface area contributed by atoms with Crippen molar-refractivity contribution in [1.29, 1.82) is 0 Å². The molecule has 0 aromatic heterocycles. The molecule has 1 spiro atoms. The van der Waals surface area contributed by atoms with Crippen LogP contribution in [0.5, 0.6) is 11.5 Å². The molecule has 2 heterocycles. The molecule has 1 aromatic rings. The smallest absolute Gasteiger partial charge is 0.410 e. The lowest BCUT2D eigenvalue weighted by Gasteiger charge is -2.38. The molecule has 2 aliphatic heterocycles. The predicted molar refractivity (Wildman–Crippen MR) is 81.0 cm³/mol. The van der Waals surface area contributed by atoms with E-state index >= 15 is 0 Å². The number of hydrogen-bond acceptors (Lipinski definition) is 5. The Bertz CT molecular complexity index is 577. The number of carbonyl (C=O) groups excluding carboxylic acids is 1. The molecule has 22 heavy (non-hydrogen) atoms. The van der Waals surface area contributed by atoms with Gasteiger partial charge >= 0.3 is 6.09 Å². The predicted octanol–water partition coefficient (Wildman–Crippen LogP) is 1.82. The summed E-state index contributed by atoms with van der Waals surface area (Å²) in [5.41, 5.74) is 0.645. The molecule has 0 unspecified atom stereocenters. The molecule has 2 aliphatic rings. The van der Waals surface area contributed by atoms with Crippen molar-refractivity contribution in [2.75, 3.05) is 33.8 Å². The van der Waals surface area contributed by atoms with Crippen molar-refractivity contribution in [2.45, 2.75) is 25.0 Å². The van der Waals surface area contributed by atoms with Crippen LogP contribution in [0.1, 0.15) is 18.4 Å². The van der Waals surface area contributed by atoms with E-state index in [0.29, 0.717) is 12.3 Å². The lowest BCUT2D eigenvalue weighted by Crippen LogP contribution is -2.50. The van der Waals surface area contributed by atoms with E-state index in [1.165, 1.54) is 7.11 Å². The minimum absolute atomic E-state index is 0.152. The van der Waals surface area contributed by atoms with Crippen molar-refractivity contribution >= 4 is 6.09 Å². The highest BCUT2D eigenvalue weighted by Crippen LogP contribution is 2.33. The Morgan fingerprint density at radius 3 is 2.86 bits per heavy atom. The van der Waals surface area contributed by atoms with Gasteiger partial charge in [0.2, 0.25) is 0 Å². The lowest BCUT2D eigenvalue weighted by atomic mass is 9.92. The Morgan fingerprint density at radius 1 is 1.41 bits per heavy atom.